The molecule has 0 amide bonds. The molecule has 0 radical (unpaired) electrons. The lowest BCUT2D eigenvalue weighted by atomic mass is 9.76. The SMILES string of the molecule is CC(C)CCC(=O)C1CC2CCCC(C1)N2C. The number of ketones is 1. The lowest BCUT2D eigenvalue weighted by molar-refractivity contribution is -0.126. The van der Waals surface area contributed by atoms with E-state index in [1.54, 1.807) is 0 Å². The number of carbonyl (C=O) groups is 1. The molecule has 0 saturated carbocycles. The maximum absolute atomic E-state index is 12.2. The molecule has 0 aliphatic carbocycles. The van der Waals surface area contributed by atoms with Crippen molar-refractivity contribution in [3.63, 3.8) is 0 Å². The first-order valence-electron chi connectivity index (χ1n) is 7.32. The van der Waals surface area contributed by atoms with Gasteiger partial charge in [-0.25, -0.2) is 0 Å². The van der Waals surface area contributed by atoms with Gasteiger partial charge in [-0.2, -0.15) is 0 Å². The first-order valence-corrected chi connectivity index (χ1v) is 7.32. The molecule has 0 spiro atoms. The van der Waals surface area contributed by atoms with E-state index in [0.29, 0.717) is 29.7 Å². The summed E-state index contributed by atoms with van der Waals surface area (Å²) in [6.45, 7) is 4.41. The molecule has 0 aromatic carbocycles. The molecule has 2 aliphatic rings. The van der Waals surface area contributed by atoms with E-state index in [1.165, 1.54) is 19.3 Å². The number of carbonyl (C=O) groups excluding carboxylic acids is 1. The Labute approximate surface area is 106 Å². The molecule has 2 atom stereocenters. The molecule has 2 heterocycles. The molecule has 2 bridgehead atoms. The largest absolute Gasteiger partial charge is 0.300 e. The standard InChI is InChI=1S/C15H27NO/c1-11(2)7-8-15(17)12-9-13-5-4-6-14(10-12)16(13)3/h11-14H,4-10H2,1-3H3. The summed E-state index contributed by atoms with van der Waals surface area (Å²) in [5.41, 5.74) is 0. The molecule has 0 N–H and O–H groups in total. The summed E-state index contributed by atoms with van der Waals surface area (Å²) in [7, 11) is 2.25. The Morgan fingerprint density at radius 1 is 1.24 bits per heavy atom. The molecule has 2 rings (SSSR count). The second kappa shape index (κ2) is 5.51. The molecule has 2 fully saturated rings. The Bertz CT molecular complexity index is 260. The van der Waals surface area contributed by atoms with Crippen LogP contribution in [0.4, 0.5) is 0 Å². The summed E-state index contributed by atoms with van der Waals surface area (Å²) >= 11 is 0. The monoisotopic (exact) mass is 237 g/mol. The minimum atomic E-state index is 0.375. The Morgan fingerprint density at radius 2 is 1.82 bits per heavy atom. The van der Waals surface area contributed by atoms with E-state index in [1.807, 2.05) is 0 Å². The van der Waals surface area contributed by atoms with E-state index >= 15 is 0 Å². The zero-order chi connectivity index (χ0) is 12.4. The summed E-state index contributed by atoms with van der Waals surface area (Å²) in [5.74, 6) is 1.58. The average molecular weight is 237 g/mol. The van der Waals surface area contributed by atoms with Crippen molar-refractivity contribution in [1.82, 2.24) is 4.90 Å². The van der Waals surface area contributed by atoms with E-state index in [9.17, 15) is 4.79 Å². The van der Waals surface area contributed by atoms with E-state index in [0.717, 1.165) is 25.7 Å². The van der Waals surface area contributed by atoms with Gasteiger partial charge in [-0.1, -0.05) is 20.3 Å². The third kappa shape index (κ3) is 3.09. The summed E-state index contributed by atoms with van der Waals surface area (Å²) in [6, 6.07) is 1.38. The van der Waals surface area contributed by atoms with Crippen LogP contribution in [0.2, 0.25) is 0 Å². The van der Waals surface area contributed by atoms with Crippen LogP contribution in [0.3, 0.4) is 0 Å². The summed E-state index contributed by atoms with van der Waals surface area (Å²) in [5, 5.41) is 0. The number of rotatable bonds is 4. The van der Waals surface area contributed by atoms with Gasteiger partial charge in [-0.3, -0.25) is 4.79 Å². The summed E-state index contributed by atoms with van der Waals surface area (Å²) in [4.78, 5) is 14.8. The normalized spacial score (nSPS) is 34.0. The summed E-state index contributed by atoms with van der Waals surface area (Å²) < 4.78 is 0. The second-order valence-corrected chi connectivity index (χ2v) is 6.47. The Morgan fingerprint density at radius 3 is 2.35 bits per heavy atom. The van der Waals surface area contributed by atoms with Crippen molar-refractivity contribution in [1.29, 1.82) is 0 Å². The van der Waals surface area contributed by atoms with Crippen molar-refractivity contribution in [2.45, 2.75) is 70.9 Å². The van der Waals surface area contributed by atoms with E-state index in [4.69, 9.17) is 0 Å². The van der Waals surface area contributed by atoms with Crippen LogP contribution in [0.15, 0.2) is 0 Å². The van der Waals surface area contributed by atoms with E-state index in [2.05, 4.69) is 25.8 Å². The fourth-order valence-corrected chi connectivity index (χ4v) is 3.51. The van der Waals surface area contributed by atoms with Crippen molar-refractivity contribution in [2.75, 3.05) is 7.05 Å². The quantitative estimate of drug-likeness (QED) is 0.748. The predicted octanol–water partition coefficient (Wildman–Crippen LogP) is 3.25. The van der Waals surface area contributed by atoms with Gasteiger partial charge >= 0.3 is 0 Å². The van der Waals surface area contributed by atoms with Gasteiger partial charge in [0.05, 0.1) is 0 Å². The highest BCUT2D eigenvalue weighted by atomic mass is 16.1. The number of hydrogen-bond donors (Lipinski definition) is 0. The topological polar surface area (TPSA) is 20.3 Å². The lowest BCUT2D eigenvalue weighted by Gasteiger charge is -2.46. The highest BCUT2D eigenvalue weighted by molar-refractivity contribution is 5.81. The molecule has 98 valence electrons. The van der Waals surface area contributed by atoms with Crippen molar-refractivity contribution in [2.24, 2.45) is 11.8 Å². The average Bonchev–Trinajstić information content (AvgIpc) is 2.25. The third-order valence-electron chi connectivity index (χ3n) is 4.76. The Hall–Kier alpha value is -0.370. The number of nitrogens with zero attached hydrogens (tertiary/aromatic N) is 1. The zero-order valence-electron chi connectivity index (χ0n) is 11.6. The van der Waals surface area contributed by atoms with Crippen LogP contribution in [0.5, 0.6) is 0 Å². The van der Waals surface area contributed by atoms with Crippen LogP contribution in [-0.4, -0.2) is 29.8 Å². The van der Waals surface area contributed by atoms with Crippen molar-refractivity contribution in [3.05, 3.63) is 0 Å². The highest BCUT2D eigenvalue weighted by Crippen LogP contribution is 2.36. The molecule has 0 aromatic heterocycles. The molecular formula is C15H27NO. The van der Waals surface area contributed by atoms with Gasteiger partial charge in [0, 0.05) is 24.4 Å². The smallest absolute Gasteiger partial charge is 0.136 e. The maximum atomic E-state index is 12.2. The van der Waals surface area contributed by atoms with Gasteiger partial charge in [0.25, 0.3) is 0 Å². The lowest BCUT2D eigenvalue weighted by Crippen LogP contribution is -2.51. The van der Waals surface area contributed by atoms with Crippen LogP contribution in [0, 0.1) is 11.8 Å². The third-order valence-corrected chi connectivity index (χ3v) is 4.76. The second-order valence-electron chi connectivity index (χ2n) is 6.47. The molecule has 17 heavy (non-hydrogen) atoms. The number of fused-ring (bicyclic) bond motifs is 2. The fourth-order valence-electron chi connectivity index (χ4n) is 3.51. The molecular weight excluding hydrogens is 210 g/mol. The Kier molecular flexibility index (Phi) is 4.24. The number of hydrogen-bond acceptors (Lipinski definition) is 2. The van der Waals surface area contributed by atoms with Gasteiger partial charge in [-0.05, 0) is 45.1 Å². The van der Waals surface area contributed by atoms with Gasteiger partial charge in [0.1, 0.15) is 5.78 Å². The van der Waals surface area contributed by atoms with Gasteiger partial charge in [-0.15, -0.1) is 0 Å². The first-order chi connectivity index (χ1) is 8.08. The van der Waals surface area contributed by atoms with Crippen LogP contribution in [-0.2, 0) is 4.79 Å². The molecule has 2 aliphatic heterocycles. The number of piperidine rings is 2. The van der Waals surface area contributed by atoms with Crippen molar-refractivity contribution >= 4 is 5.78 Å². The Balaban J connectivity index is 1.88. The van der Waals surface area contributed by atoms with Gasteiger partial charge < -0.3 is 4.90 Å². The molecule has 2 nitrogen and oxygen atoms in total. The van der Waals surface area contributed by atoms with Gasteiger partial charge in [0.2, 0.25) is 0 Å². The number of Topliss-reactive ketones (excluding diaryl/α,β-unsaturated/α-hetero) is 1. The summed E-state index contributed by atoms with van der Waals surface area (Å²) in [6.07, 6.45) is 8.12. The van der Waals surface area contributed by atoms with Crippen LogP contribution in [0.25, 0.3) is 0 Å². The van der Waals surface area contributed by atoms with Crippen molar-refractivity contribution in [3.8, 4) is 0 Å². The van der Waals surface area contributed by atoms with E-state index < -0.39 is 0 Å². The van der Waals surface area contributed by atoms with E-state index in [-0.39, 0.29) is 0 Å². The van der Waals surface area contributed by atoms with Crippen LogP contribution >= 0.6 is 0 Å². The minimum absolute atomic E-state index is 0.375. The molecule has 0 aromatic rings. The van der Waals surface area contributed by atoms with Gasteiger partial charge in [0.15, 0.2) is 0 Å². The zero-order valence-corrected chi connectivity index (χ0v) is 11.6. The highest BCUT2D eigenvalue weighted by Gasteiger charge is 2.38. The maximum Gasteiger partial charge on any atom is 0.136 e. The predicted molar refractivity (Wildman–Crippen MR) is 71.0 cm³/mol. The fraction of sp³-hybridized carbons (Fsp3) is 0.933. The minimum Gasteiger partial charge on any atom is -0.300 e. The van der Waals surface area contributed by atoms with Crippen molar-refractivity contribution < 1.29 is 4.79 Å². The molecule has 2 unspecified atom stereocenters. The molecule has 2 heteroatoms. The molecule has 2 saturated heterocycles. The first kappa shape index (κ1) is 13.1. The van der Waals surface area contributed by atoms with Crippen LogP contribution in [0.1, 0.15) is 58.8 Å². The van der Waals surface area contributed by atoms with Crippen LogP contribution < -0.4 is 0 Å².